The molecule has 2 bridgehead atoms. The van der Waals surface area contributed by atoms with E-state index < -0.39 is 17.9 Å². The third-order valence-electron chi connectivity index (χ3n) is 6.06. The Labute approximate surface area is 182 Å². The van der Waals surface area contributed by atoms with E-state index in [1.165, 1.54) is 6.07 Å². The largest absolute Gasteiger partial charge is 0.573 e. The maximum atomic E-state index is 14.0. The SMILES string of the molecule is CC(C)n1nc(CC2[C@@H]3CC[C@H]2CN(C#N)C3)nc1Oc1ccc(OC(F)(F)F)c(F)c1. The fourth-order valence-electron chi connectivity index (χ4n) is 4.66. The molecule has 172 valence electrons. The summed E-state index contributed by atoms with van der Waals surface area (Å²) in [6.07, 6.45) is 0.0579. The van der Waals surface area contributed by atoms with Crippen LogP contribution in [0.25, 0.3) is 0 Å². The molecule has 32 heavy (non-hydrogen) atoms. The highest BCUT2D eigenvalue weighted by Crippen LogP contribution is 2.43. The molecule has 2 heterocycles. The number of nitriles is 1. The number of piperidine rings is 1. The Hall–Kier alpha value is -3.03. The first kappa shape index (κ1) is 22.2. The molecule has 2 fully saturated rings. The van der Waals surface area contributed by atoms with E-state index in [2.05, 4.69) is 21.0 Å². The molecular weight excluding hydrogens is 430 g/mol. The second-order valence-electron chi connectivity index (χ2n) is 8.56. The van der Waals surface area contributed by atoms with Crippen molar-refractivity contribution in [2.75, 3.05) is 13.1 Å². The van der Waals surface area contributed by atoms with Gasteiger partial charge in [0, 0.05) is 25.6 Å². The lowest BCUT2D eigenvalue weighted by Crippen LogP contribution is -2.40. The Balaban J connectivity index is 1.51. The molecular formula is C21H23F4N5O2. The van der Waals surface area contributed by atoms with Crippen LogP contribution in [-0.4, -0.2) is 39.1 Å². The van der Waals surface area contributed by atoms with Crippen LogP contribution in [0.2, 0.25) is 0 Å². The van der Waals surface area contributed by atoms with E-state index in [9.17, 15) is 22.8 Å². The number of halogens is 4. The van der Waals surface area contributed by atoms with Gasteiger partial charge >= 0.3 is 12.4 Å². The van der Waals surface area contributed by atoms with Crippen molar-refractivity contribution < 1.29 is 27.0 Å². The van der Waals surface area contributed by atoms with Crippen LogP contribution in [0.1, 0.15) is 38.6 Å². The first-order chi connectivity index (χ1) is 15.1. The molecule has 1 aliphatic heterocycles. The number of nitrogens with zero attached hydrogens (tertiary/aromatic N) is 5. The quantitative estimate of drug-likeness (QED) is 0.467. The van der Waals surface area contributed by atoms with Crippen molar-refractivity contribution in [1.82, 2.24) is 19.7 Å². The fourth-order valence-corrected chi connectivity index (χ4v) is 4.66. The van der Waals surface area contributed by atoms with E-state index in [0.29, 0.717) is 30.0 Å². The predicted molar refractivity (Wildman–Crippen MR) is 104 cm³/mol. The number of rotatable bonds is 6. The van der Waals surface area contributed by atoms with Gasteiger partial charge in [0.1, 0.15) is 5.75 Å². The van der Waals surface area contributed by atoms with Gasteiger partial charge in [-0.25, -0.2) is 9.07 Å². The van der Waals surface area contributed by atoms with E-state index in [-0.39, 0.29) is 17.8 Å². The van der Waals surface area contributed by atoms with Crippen LogP contribution < -0.4 is 9.47 Å². The van der Waals surface area contributed by atoms with Gasteiger partial charge in [-0.05, 0) is 56.6 Å². The molecule has 0 amide bonds. The predicted octanol–water partition coefficient (Wildman–Crippen LogP) is 4.67. The van der Waals surface area contributed by atoms with Crippen LogP contribution in [0, 0.1) is 35.0 Å². The molecule has 1 saturated carbocycles. The van der Waals surface area contributed by atoms with Crippen molar-refractivity contribution in [3.8, 4) is 23.7 Å². The minimum absolute atomic E-state index is 0.0136. The smallest absolute Gasteiger partial charge is 0.424 e. The average molecular weight is 453 g/mol. The van der Waals surface area contributed by atoms with Gasteiger partial charge in [0.15, 0.2) is 23.6 Å². The Morgan fingerprint density at radius 2 is 1.91 bits per heavy atom. The van der Waals surface area contributed by atoms with E-state index in [1.54, 1.807) is 4.68 Å². The van der Waals surface area contributed by atoms with E-state index in [1.807, 2.05) is 18.7 Å². The van der Waals surface area contributed by atoms with E-state index >= 15 is 0 Å². The zero-order valence-corrected chi connectivity index (χ0v) is 17.6. The Kier molecular flexibility index (Phi) is 5.88. The van der Waals surface area contributed by atoms with Gasteiger partial charge in [0.05, 0.1) is 6.04 Å². The van der Waals surface area contributed by atoms with E-state index in [0.717, 1.165) is 38.1 Å². The number of hydrogen-bond acceptors (Lipinski definition) is 6. The van der Waals surface area contributed by atoms with Crippen molar-refractivity contribution in [3.63, 3.8) is 0 Å². The van der Waals surface area contributed by atoms with Crippen LogP contribution in [0.3, 0.4) is 0 Å². The number of benzene rings is 1. The molecule has 1 aromatic heterocycles. The highest BCUT2D eigenvalue weighted by Gasteiger charge is 2.42. The molecule has 2 aliphatic rings. The maximum absolute atomic E-state index is 14.0. The van der Waals surface area contributed by atoms with Crippen LogP contribution >= 0.6 is 0 Å². The molecule has 0 radical (unpaired) electrons. The number of alkyl halides is 3. The second kappa shape index (κ2) is 8.48. The topological polar surface area (TPSA) is 76.2 Å². The summed E-state index contributed by atoms with van der Waals surface area (Å²) >= 11 is 0. The van der Waals surface area contributed by atoms with Gasteiger partial charge in [0.25, 0.3) is 0 Å². The molecule has 1 aliphatic carbocycles. The number of fused-ring (bicyclic) bond motifs is 2. The molecule has 2 aromatic rings. The summed E-state index contributed by atoms with van der Waals surface area (Å²) < 4.78 is 62.0. The molecule has 1 unspecified atom stereocenters. The van der Waals surface area contributed by atoms with Gasteiger partial charge in [-0.3, -0.25) is 0 Å². The Bertz CT molecular complexity index is 1000. The van der Waals surface area contributed by atoms with Gasteiger partial charge < -0.3 is 14.4 Å². The Morgan fingerprint density at radius 1 is 1.22 bits per heavy atom. The lowest BCUT2D eigenvalue weighted by Gasteiger charge is -2.34. The molecule has 1 saturated heterocycles. The van der Waals surface area contributed by atoms with Crippen LogP contribution in [-0.2, 0) is 6.42 Å². The molecule has 7 nitrogen and oxygen atoms in total. The van der Waals surface area contributed by atoms with Crippen molar-refractivity contribution in [2.24, 2.45) is 17.8 Å². The molecule has 3 atom stereocenters. The third kappa shape index (κ3) is 4.74. The summed E-state index contributed by atoms with van der Waals surface area (Å²) in [5.74, 6) is -0.338. The summed E-state index contributed by atoms with van der Waals surface area (Å²) in [5, 5.41) is 13.8. The normalized spacial score (nSPS) is 22.8. The zero-order chi connectivity index (χ0) is 23.0. The Morgan fingerprint density at radius 3 is 2.47 bits per heavy atom. The maximum Gasteiger partial charge on any atom is 0.573 e. The summed E-state index contributed by atoms with van der Waals surface area (Å²) in [6.45, 7) is 5.28. The van der Waals surface area contributed by atoms with Crippen molar-refractivity contribution in [3.05, 3.63) is 29.8 Å². The summed E-state index contributed by atoms with van der Waals surface area (Å²) in [4.78, 5) is 6.30. The number of likely N-dealkylation sites (tertiary alicyclic amines) is 1. The second-order valence-corrected chi connectivity index (χ2v) is 8.56. The monoisotopic (exact) mass is 453 g/mol. The fraction of sp³-hybridized carbons (Fsp3) is 0.571. The molecule has 4 rings (SSSR count). The summed E-state index contributed by atoms with van der Waals surface area (Å²) in [7, 11) is 0. The number of hydrogen-bond donors (Lipinski definition) is 0. The molecule has 1 aromatic carbocycles. The summed E-state index contributed by atoms with van der Waals surface area (Å²) in [6, 6.07) is 2.90. The van der Waals surface area contributed by atoms with Crippen molar-refractivity contribution in [1.29, 1.82) is 5.26 Å². The van der Waals surface area contributed by atoms with Gasteiger partial charge in [-0.2, -0.15) is 15.3 Å². The lowest BCUT2D eigenvalue weighted by molar-refractivity contribution is -0.275. The minimum Gasteiger partial charge on any atom is -0.424 e. The zero-order valence-electron chi connectivity index (χ0n) is 17.6. The minimum atomic E-state index is -4.99. The van der Waals surface area contributed by atoms with Crippen LogP contribution in [0.15, 0.2) is 18.2 Å². The van der Waals surface area contributed by atoms with Crippen molar-refractivity contribution in [2.45, 2.75) is 45.5 Å². The first-order valence-electron chi connectivity index (χ1n) is 10.5. The first-order valence-corrected chi connectivity index (χ1v) is 10.5. The standard InChI is InChI=1S/C21H23F4N5O2/c1-12(2)30-20(31-15-5-6-18(17(22)7-15)32-21(23,24)25)27-19(28-30)8-16-13-3-4-14(16)10-29(9-13)11-26/h5-7,12-14,16H,3-4,8-10H2,1-2H3/t13-,14+,16?. The van der Waals surface area contributed by atoms with Crippen molar-refractivity contribution >= 4 is 0 Å². The lowest BCUT2D eigenvalue weighted by atomic mass is 9.83. The van der Waals surface area contributed by atoms with Gasteiger partial charge in [0.2, 0.25) is 0 Å². The van der Waals surface area contributed by atoms with Crippen LogP contribution in [0.5, 0.6) is 17.5 Å². The highest BCUT2D eigenvalue weighted by molar-refractivity contribution is 5.34. The number of ether oxygens (including phenoxy) is 2. The highest BCUT2D eigenvalue weighted by atomic mass is 19.4. The van der Waals surface area contributed by atoms with Gasteiger partial charge in [-0.1, -0.05) is 0 Å². The molecule has 0 N–H and O–H groups in total. The average Bonchev–Trinajstić information content (AvgIpc) is 3.19. The molecule has 0 spiro atoms. The third-order valence-corrected chi connectivity index (χ3v) is 6.06. The van der Waals surface area contributed by atoms with Crippen LogP contribution in [0.4, 0.5) is 17.6 Å². The van der Waals surface area contributed by atoms with E-state index in [4.69, 9.17) is 4.74 Å². The number of aromatic nitrogens is 3. The molecule has 11 heteroatoms. The summed E-state index contributed by atoms with van der Waals surface area (Å²) in [5.41, 5.74) is 0. The van der Waals surface area contributed by atoms with Gasteiger partial charge in [-0.15, -0.1) is 13.2 Å².